The highest BCUT2D eigenvalue weighted by molar-refractivity contribution is 6.30. The van der Waals surface area contributed by atoms with E-state index in [4.69, 9.17) is 11.6 Å². The van der Waals surface area contributed by atoms with Gasteiger partial charge in [-0.1, -0.05) is 31.4 Å². The smallest absolute Gasteiger partial charge is 0.387 e. The molecule has 1 N–H and O–H groups in total. The summed E-state index contributed by atoms with van der Waals surface area (Å²) in [5.74, 6) is 1.03. The van der Waals surface area contributed by atoms with Gasteiger partial charge >= 0.3 is 6.61 Å². The molecule has 0 aliphatic heterocycles. The lowest BCUT2D eigenvalue weighted by atomic mass is 10.1. The minimum atomic E-state index is -2.82. The molecule has 112 valence electrons. The summed E-state index contributed by atoms with van der Waals surface area (Å²) in [4.78, 5) is 0. The van der Waals surface area contributed by atoms with Crippen LogP contribution < -0.4 is 10.1 Å². The molecular weight excluding hydrogens is 284 g/mol. The van der Waals surface area contributed by atoms with E-state index < -0.39 is 6.61 Å². The van der Waals surface area contributed by atoms with Gasteiger partial charge in [-0.3, -0.25) is 0 Å². The van der Waals surface area contributed by atoms with Crippen LogP contribution in [-0.2, 0) is 6.54 Å². The number of hydrogen-bond acceptors (Lipinski definition) is 2. The van der Waals surface area contributed by atoms with Gasteiger partial charge in [0.25, 0.3) is 0 Å². The van der Waals surface area contributed by atoms with Gasteiger partial charge < -0.3 is 10.1 Å². The summed E-state index contributed by atoms with van der Waals surface area (Å²) in [5, 5.41) is 3.94. The number of rotatable bonds is 8. The molecule has 1 aliphatic rings. The Balaban J connectivity index is 1.96. The summed E-state index contributed by atoms with van der Waals surface area (Å²) in [6.07, 6.45) is 4.81. The summed E-state index contributed by atoms with van der Waals surface area (Å²) in [5.41, 5.74) is 0.673. The van der Waals surface area contributed by atoms with Crippen molar-refractivity contribution in [1.82, 2.24) is 5.32 Å². The Labute approximate surface area is 123 Å². The Kier molecular flexibility index (Phi) is 5.61. The van der Waals surface area contributed by atoms with Crippen LogP contribution in [0.3, 0.4) is 0 Å². The number of nitrogens with one attached hydrogen (secondary N) is 1. The first-order valence-corrected chi connectivity index (χ1v) is 7.43. The van der Waals surface area contributed by atoms with E-state index in [-0.39, 0.29) is 5.75 Å². The normalized spacial score (nSPS) is 16.4. The first kappa shape index (κ1) is 15.5. The molecule has 1 saturated carbocycles. The molecule has 1 atom stereocenters. The van der Waals surface area contributed by atoms with Crippen LogP contribution in [-0.4, -0.2) is 12.7 Å². The Bertz CT molecular complexity index is 438. The Hall–Kier alpha value is -0.870. The van der Waals surface area contributed by atoms with Crippen LogP contribution in [0.5, 0.6) is 5.75 Å². The van der Waals surface area contributed by atoms with E-state index in [9.17, 15) is 8.78 Å². The first-order chi connectivity index (χ1) is 9.58. The van der Waals surface area contributed by atoms with E-state index in [1.165, 1.54) is 18.9 Å². The largest absolute Gasteiger partial charge is 0.434 e. The average Bonchev–Trinajstić information content (AvgIpc) is 3.20. The molecule has 20 heavy (non-hydrogen) atoms. The van der Waals surface area contributed by atoms with E-state index in [0.29, 0.717) is 23.2 Å². The van der Waals surface area contributed by atoms with Crippen LogP contribution in [0.25, 0.3) is 0 Å². The lowest BCUT2D eigenvalue weighted by molar-refractivity contribution is -0.0505. The second kappa shape index (κ2) is 7.23. The molecular formula is C15H20ClF2NO. The van der Waals surface area contributed by atoms with Gasteiger partial charge in [0, 0.05) is 23.2 Å². The number of hydrogen-bond donors (Lipinski definition) is 1. The van der Waals surface area contributed by atoms with Gasteiger partial charge in [0.2, 0.25) is 0 Å². The summed E-state index contributed by atoms with van der Waals surface area (Å²) in [6.45, 7) is -0.189. The van der Waals surface area contributed by atoms with Crippen molar-refractivity contribution in [3.05, 3.63) is 28.8 Å². The van der Waals surface area contributed by atoms with Crippen LogP contribution in [0.1, 0.15) is 38.2 Å². The van der Waals surface area contributed by atoms with E-state index in [2.05, 4.69) is 17.0 Å². The lowest BCUT2D eigenvalue weighted by Crippen LogP contribution is -2.28. The number of ether oxygens (including phenoxy) is 1. The fraction of sp³-hybridized carbons (Fsp3) is 0.600. The van der Waals surface area contributed by atoms with E-state index >= 15 is 0 Å². The van der Waals surface area contributed by atoms with Gasteiger partial charge in [-0.25, -0.2) is 0 Å². The predicted molar refractivity (Wildman–Crippen MR) is 76.3 cm³/mol. The molecule has 0 bridgehead atoms. The van der Waals surface area contributed by atoms with Gasteiger partial charge in [0.15, 0.2) is 0 Å². The number of benzene rings is 1. The molecule has 1 fully saturated rings. The average molecular weight is 304 g/mol. The fourth-order valence-corrected chi connectivity index (χ4v) is 2.50. The molecule has 2 rings (SSSR count). The van der Waals surface area contributed by atoms with Crippen molar-refractivity contribution in [3.63, 3.8) is 0 Å². The lowest BCUT2D eigenvalue weighted by Gasteiger charge is -2.18. The van der Waals surface area contributed by atoms with Crippen LogP contribution in [0, 0.1) is 5.92 Å². The van der Waals surface area contributed by atoms with E-state index in [1.54, 1.807) is 12.1 Å². The summed E-state index contributed by atoms with van der Waals surface area (Å²) in [7, 11) is 0. The molecule has 1 unspecified atom stereocenters. The highest BCUT2D eigenvalue weighted by Crippen LogP contribution is 2.34. The van der Waals surface area contributed by atoms with Crippen molar-refractivity contribution in [3.8, 4) is 5.75 Å². The molecule has 0 heterocycles. The number of halogens is 3. The highest BCUT2D eigenvalue weighted by atomic mass is 35.5. The van der Waals surface area contributed by atoms with Crippen molar-refractivity contribution in [2.45, 2.75) is 51.8 Å². The highest BCUT2D eigenvalue weighted by Gasteiger charge is 2.24. The molecule has 2 nitrogen and oxygen atoms in total. The third-order valence-electron chi connectivity index (χ3n) is 3.63. The van der Waals surface area contributed by atoms with Gasteiger partial charge in [-0.2, -0.15) is 8.78 Å². The second-order valence-corrected chi connectivity index (χ2v) is 5.73. The topological polar surface area (TPSA) is 21.3 Å². The maximum atomic E-state index is 12.4. The van der Waals surface area contributed by atoms with Crippen LogP contribution in [0.2, 0.25) is 5.02 Å². The fourth-order valence-electron chi connectivity index (χ4n) is 2.30. The molecule has 0 radical (unpaired) electrons. The molecule has 0 saturated heterocycles. The Morgan fingerprint density at radius 1 is 1.40 bits per heavy atom. The third-order valence-corrected chi connectivity index (χ3v) is 3.86. The zero-order valence-corrected chi connectivity index (χ0v) is 12.3. The molecule has 0 spiro atoms. The van der Waals surface area contributed by atoms with E-state index in [0.717, 1.165) is 18.8 Å². The van der Waals surface area contributed by atoms with Crippen LogP contribution in [0.4, 0.5) is 8.78 Å². The van der Waals surface area contributed by atoms with Crippen molar-refractivity contribution in [2.75, 3.05) is 0 Å². The van der Waals surface area contributed by atoms with Crippen LogP contribution in [0.15, 0.2) is 18.2 Å². The predicted octanol–water partition coefficient (Wildman–Crippen LogP) is 4.61. The van der Waals surface area contributed by atoms with E-state index in [1.807, 2.05) is 0 Å². The van der Waals surface area contributed by atoms with Gasteiger partial charge in [-0.15, -0.1) is 0 Å². The molecule has 1 aromatic carbocycles. The zero-order chi connectivity index (χ0) is 14.5. The van der Waals surface area contributed by atoms with Crippen molar-refractivity contribution in [2.24, 2.45) is 5.92 Å². The van der Waals surface area contributed by atoms with Crippen molar-refractivity contribution in [1.29, 1.82) is 0 Å². The quantitative estimate of drug-likeness (QED) is 0.757. The standard InChI is InChI=1S/C15H20ClF2NO/c1-2-13(7-10-3-4-10)19-9-11-8-12(16)5-6-14(11)20-15(17)18/h5-6,8,10,13,15,19H,2-4,7,9H2,1H3. The first-order valence-electron chi connectivity index (χ1n) is 7.05. The third kappa shape index (κ3) is 4.91. The Morgan fingerprint density at radius 3 is 2.75 bits per heavy atom. The minimum Gasteiger partial charge on any atom is -0.434 e. The minimum absolute atomic E-state index is 0.193. The SMILES string of the molecule is CCC(CC1CC1)NCc1cc(Cl)ccc1OC(F)F. The molecule has 1 aromatic rings. The van der Waals surface area contributed by atoms with Crippen molar-refractivity contribution >= 4 is 11.6 Å². The van der Waals surface area contributed by atoms with Gasteiger partial charge in [-0.05, 0) is 37.0 Å². The molecule has 1 aliphatic carbocycles. The van der Waals surface area contributed by atoms with Crippen LogP contribution >= 0.6 is 11.6 Å². The second-order valence-electron chi connectivity index (χ2n) is 5.30. The molecule has 5 heteroatoms. The Morgan fingerprint density at radius 2 is 2.15 bits per heavy atom. The molecule has 0 aromatic heterocycles. The maximum Gasteiger partial charge on any atom is 0.387 e. The number of alkyl halides is 2. The monoisotopic (exact) mass is 303 g/mol. The summed E-state index contributed by atoms with van der Waals surface area (Å²) < 4.78 is 29.3. The van der Waals surface area contributed by atoms with Gasteiger partial charge in [0.05, 0.1) is 0 Å². The van der Waals surface area contributed by atoms with Crippen molar-refractivity contribution < 1.29 is 13.5 Å². The maximum absolute atomic E-state index is 12.4. The summed E-state index contributed by atoms with van der Waals surface area (Å²) >= 11 is 5.93. The molecule has 0 amide bonds. The van der Waals surface area contributed by atoms with Gasteiger partial charge in [0.1, 0.15) is 5.75 Å². The zero-order valence-electron chi connectivity index (χ0n) is 11.5. The summed E-state index contributed by atoms with van der Waals surface area (Å²) in [6, 6.07) is 5.15.